The Morgan fingerprint density at radius 2 is 0.528 bits per heavy atom. The summed E-state index contributed by atoms with van der Waals surface area (Å²) in [5, 5.41) is 0. The first-order chi connectivity index (χ1) is 35.5. The van der Waals surface area contributed by atoms with Gasteiger partial charge in [-0.25, -0.2) is 0 Å². The molecule has 6 nitrogen and oxygen atoms in total. The third-order valence-electron chi connectivity index (χ3n) is 13.7. The molecule has 0 fully saturated rings. The summed E-state index contributed by atoms with van der Waals surface area (Å²) in [6.45, 7) is 6.58. The fourth-order valence-corrected chi connectivity index (χ4v) is 8.98. The summed E-state index contributed by atoms with van der Waals surface area (Å²) in [6.07, 6.45) is 76.7. The zero-order chi connectivity index (χ0) is 52.2. The van der Waals surface area contributed by atoms with E-state index in [1.807, 2.05) is 0 Å². The van der Waals surface area contributed by atoms with E-state index >= 15 is 0 Å². The van der Waals surface area contributed by atoms with E-state index in [1.54, 1.807) is 0 Å². The van der Waals surface area contributed by atoms with Crippen molar-refractivity contribution in [1.29, 1.82) is 0 Å². The lowest BCUT2D eigenvalue weighted by Crippen LogP contribution is -2.30. The lowest BCUT2D eigenvalue weighted by Gasteiger charge is -2.18. The zero-order valence-electron chi connectivity index (χ0n) is 47.9. The number of carbonyl (C=O) groups is 3. The Morgan fingerprint density at radius 1 is 0.278 bits per heavy atom. The summed E-state index contributed by atoms with van der Waals surface area (Å²) in [5.74, 6) is -0.887. The minimum atomic E-state index is -0.780. The summed E-state index contributed by atoms with van der Waals surface area (Å²) >= 11 is 0. The molecule has 0 aliphatic rings. The van der Waals surface area contributed by atoms with Gasteiger partial charge in [-0.1, -0.05) is 261 Å². The van der Waals surface area contributed by atoms with Crippen molar-refractivity contribution in [2.45, 2.75) is 329 Å². The zero-order valence-corrected chi connectivity index (χ0v) is 47.9. The number of rotatable bonds is 57. The molecule has 0 aliphatic heterocycles. The molecule has 418 valence electrons. The molecule has 0 heterocycles. The molecule has 0 aromatic heterocycles. The van der Waals surface area contributed by atoms with Crippen molar-refractivity contribution in [3.05, 3.63) is 60.8 Å². The molecule has 0 spiro atoms. The van der Waals surface area contributed by atoms with Crippen LogP contribution in [0.5, 0.6) is 0 Å². The first-order valence-electron chi connectivity index (χ1n) is 31.3. The second-order valence-corrected chi connectivity index (χ2v) is 21.0. The van der Waals surface area contributed by atoms with Crippen LogP contribution in [0, 0.1) is 0 Å². The summed E-state index contributed by atoms with van der Waals surface area (Å²) in [7, 11) is 0. The first-order valence-corrected chi connectivity index (χ1v) is 31.3. The van der Waals surface area contributed by atoms with Crippen molar-refractivity contribution in [2.75, 3.05) is 13.2 Å². The summed E-state index contributed by atoms with van der Waals surface area (Å²) < 4.78 is 16.9. The largest absolute Gasteiger partial charge is 0.462 e. The third-order valence-corrected chi connectivity index (χ3v) is 13.7. The fourth-order valence-electron chi connectivity index (χ4n) is 8.98. The van der Waals surface area contributed by atoms with Crippen LogP contribution in [-0.4, -0.2) is 37.2 Å². The van der Waals surface area contributed by atoms with Crippen molar-refractivity contribution in [2.24, 2.45) is 0 Å². The molecule has 0 N–H and O–H groups in total. The van der Waals surface area contributed by atoms with E-state index < -0.39 is 6.10 Å². The van der Waals surface area contributed by atoms with Crippen LogP contribution >= 0.6 is 0 Å². The Bertz CT molecular complexity index is 1290. The van der Waals surface area contributed by atoms with E-state index in [1.165, 1.54) is 186 Å². The number of hydrogen-bond acceptors (Lipinski definition) is 6. The van der Waals surface area contributed by atoms with Gasteiger partial charge in [0, 0.05) is 19.3 Å². The number of hydrogen-bond donors (Lipinski definition) is 0. The Kier molecular flexibility index (Phi) is 58.2. The maximum absolute atomic E-state index is 12.8. The van der Waals surface area contributed by atoms with Crippen molar-refractivity contribution < 1.29 is 28.6 Å². The van der Waals surface area contributed by atoms with E-state index in [9.17, 15) is 14.4 Å². The van der Waals surface area contributed by atoms with Gasteiger partial charge in [0.25, 0.3) is 0 Å². The van der Waals surface area contributed by atoms with Gasteiger partial charge < -0.3 is 14.2 Å². The molecule has 0 aromatic rings. The predicted octanol–water partition coefficient (Wildman–Crippen LogP) is 21.2. The van der Waals surface area contributed by atoms with Gasteiger partial charge in [0.05, 0.1) is 0 Å². The van der Waals surface area contributed by atoms with Crippen LogP contribution in [0.2, 0.25) is 0 Å². The van der Waals surface area contributed by atoms with Gasteiger partial charge in [0.15, 0.2) is 6.10 Å². The molecular formula is C66H118O6. The van der Waals surface area contributed by atoms with E-state index in [2.05, 4.69) is 81.5 Å². The number of carbonyl (C=O) groups excluding carboxylic acids is 3. The van der Waals surface area contributed by atoms with Crippen molar-refractivity contribution in [3.63, 3.8) is 0 Å². The monoisotopic (exact) mass is 1010 g/mol. The van der Waals surface area contributed by atoms with Crippen LogP contribution in [0.15, 0.2) is 60.8 Å². The molecule has 0 saturated heterocycles. The molecule has 72 heavy (non-hydrogen) atoms. The second-order valence-electron chi connectivity index (χ2n) is 21.0. The molecule has 0 bridgehead atoms. The van der Waals surface area contributed by atoms with E-state index in [0.29, 0.717) is 19.3 Å². The van der Waals surface area contributed by atoms with Crippen molar-refractivity contribution >= 4 is 17.9 Å². The Balaban J connectivity index is 4.15. The van der Waals surface area contributed by atoms with Crippen molar-refractivity contribution in [1.82, 2.24) is 0 Å². The standard InChI is InChI=1S/C66H118O6/c1-4-7-10-13-16-19-22-24-26-27-28-29-30-31-32-33-34-35-36-37-38-39-41-42-44-47-50-53-56-59-65(68)71-62-63(61-70-64(67)58-55-52-49-46-21-18-15-12-9-6-3)72-66(69)60-57-54-51-48-45-43-40-25-23-20-17-14-11-8-5-2/h12,15,22,24-25,27-28,30-31,40,63H,4-11,13-14,16-21,23,26,29,32-39,41-62H2,1-3H3/b15-12-,24-22-,28-27-,31-30-,40-25-. The number of esters is 3. The molecular weight excluding hydrogens is 889 g/mol. The van der Waals surface area contributed by atoms with E-state index in [-0.39, 0.29) is 31.1 Å². The van der Waals surface area contributed by atoms with Gasteiger partial charge in [0.2, 0.25) is 0 Å². The van der Waals surface area contributed by atoms with Crippen LogP contribution in [0.25, 0.3) is 0 Å². The molecule has 0 amide bonds. The van der Waals surface area contributed by atoms with Gasteiger partial charge >= 0.3 is 17.9 Å². The number of unbranched alkanes of at least 4 members (excludes halogenated alkanes) is 36. The number of allylic oxidation sites excluding steroid dienone is 10. The highest BCUT2D eigenvalue weighted by atomic mass is 16.6. The van der Waals surface area contributed by atoms with Gasteiger partial charge in [-0.2, -0.15) is 0 Å². The summed E-state index contributed by atoms with van der Waals surface area (Å²) in [5.41, 5.74) is 0. The molecule has 6 heteroatoms. The minimum absolute atomic E-state index is 0.0785. The van der Waals surface area contributed by atoms with Gasteiger partial charge in [-0.3, -0.25) is 14.4 Å². The Hall–Kier alpha value is -2.89. The van der Waals surface area contributed by atoms with Crippen LogP contribution < -0.4 is 0 Å². The summed E-state index contributed by atoms with van der Waals surface area (Å²) in [4.78, 5) is 38.1. The Labute approximate surface area is 447 Å². The van der Waals surface area contributed by atoms with Gasteiger partial charge in [-0.15, -0.1) is 0 Å². The van der Waals surface area contributed by atoms with E-state index in [0.717, 1.165) is 96.3 Å². The number of ether oxygens (including phenoxy) is 3. The maximum Gasteiger partial charge on any atom is 0.306 e. The molecule has 0 rings (SSSR count). The van der Waals surface area contributed by atoms with Crippen molar-refractivity contribution in [3.8, 4) is 0 Å². The smallest absolute Gasteiger partial charge is 0.306 e. The predicted molar refractivity (Wildman–Crippen MR) is 312 cm³/mol. The second kappa shape index (κ2) is 60.7. The highest BCUT2D eigenvalue weighted by Crippen LogP contribution is 2.16. The molecule has 0 aromatic carbocycles. The van der Waals surface area contributed by atoms with Crippen LogP contribution in [0.1, 0.15) is 323 Å². The fraction of sp³-hybridized carbons (Fsp3) is 0.803. The normalized spacial score (nSPS) is 12.4. The topological polar surface area (TPSA) is 78.9 Å². The lowest BCUT2D eigenvalue weighted by atomic mass is 10.0. The van der Waals surface area contributed by atoms with Gasteiger partial charge in [-0.05, 0) is 103 Å². The molecule has 0 aliphatic carbocycles. The minimum Gasteiger partial charge on any atom is -0.462 e. The summed E-state index contributed by atoms with van der Waals surface area (Å²) in [6, 6.07) is 0. The average molecular weight is 1010 g/mol. The quantitative estimate of drug-likeness (QED) is 0.0261. The highest BCUT2D eigenvalue weighted by Gasteiger charge is 2.19. The van der Waals surface area contributed by atoms with Crippen LogP contribution in [0.3, 0.4) is 0 Å². The molecule has 1 atom stereocenters. The average Bonchev–Trinajstić information content (AvgIpc) is 3.38. The lowest BCUT2D eigenvalue weighted by molar-refractivity contribution is -0.167. The van der Waals surface area contributed by atoms with Gasteiger partial charge in [0.1, 0.15) is 13.2 Å². The first kappa shape index (κ1) is 69.1. The molecule has 1 unspecified atom stereocenters. The molecule has 0 saturated carbocycles. The van der Waals surface area contributed by atoms with E-state index in [4.69, 9.17) is 14.2 Å². The Morgan fingerprint density at radius 3 is 0.847 bits per heavy atom. The van der Waals surface area contributed by atoms with Crippen LogP contribution in [0.4, 0.5) is 0 Å². The molecule has 0 radical (unpaired) electrons. The highest BCUT2D eigenvalue weighted by molar-refractivity contribution is 5.71. The maximum atomic E-state index is 12.8. The third kappa shape index (κ3) is 58.0. The SMILES string of the molecule is CCC/C=C\CCCCCCCC(=O)OCC(COC(=O)CCCCCCCCCCCCCCCC/C=C\C/C=C\C/C=C\CCCCCCC)OC(=O)CCCCCCC/C=C\CCCCCCCC. The van der Waals surface area contributed by atoms with Crippen LogP contribution in [-0.2, 0) is 28.6 Å².